The van der Waals surface area contributed by atoms with Crippen molar-refractivity contribution in [3.8, 4) is 0 Å². The minimum atomic E-state index is -0.543. The lowest BCUT2D eigenvalue weighted by molar-refractivity contribution is -0.383. The Bertz CT molecular complexity index is 603. The van der Waals surface area contributed by atoms with Crippen molar-refractivity contribution in [3.63, 3.8) is 0 Å². The van der Waals surface area contributed by atoms with Crippen LogP contribution in [0.1, 0.15) is 12.5 Å². The molecule has 20 heavy (non-hydrogen) atoms. The van der Waals surface area contributed by atoms with Crippen LogP contribution < -0.4 is 10.6 Å². The van der Waals surface area contributed by atoms with Crippen LogP contribution in [0.2, 0.25) is 0 Å². The zero-order valence-corrected chi connectivity index (χ0v) is 11.1. The van der Waals surface area contributed by atoms with Gasteiger partial charge in [-0.3, -0.25) is 10.1 Å². The summed E-state index contributed by atoms with van der Waals surface area (Å²) in [5.74, 6) is 0.125. The van der Waals surface area contributed by atoms with Crippen LogP contribution in [0.25, 0.3) is 0 Å². The highest BCUT2D eigenvalue weighted by atomic mass is 16.6. The summed E-state index contributed by atoms with van der Waals surface area (Å²) < 4.78 is 0. The smallest absolute Gasteiger partial charge is 0.353 e. The van der Waals surface area contributed by atoms with Gasteiger partial charge in [0.15, 0.2) is 0 Å². The normalized spacial score (nSPS) is 10.2. The minimum Gasteiger partial charge on any atom is -0.378 e. The predicted molar refractivity (Wildman–Crippen MR) is 76.3 cm³/mol. The molecule has 2 rings (SSSR count). The molecule has 0 radical (unpaired) electrons. The Morgan fingerprint density at radius 2 is 2.00 bits per heavy atom. The Balaban J connectivity index is 2.37. The monoisotopic (exact) mass is 273 g/mol. The van der Waals surface area contributed by atoms with E-state index in [-0.39, 0.29) is 17.3 Å². The molecule has 1 heterocycles. The molecule has 0 aliphatic rings. The minimum absolute atomic E-state index is 0.119. The highest BCUT2D eigenvalue weighted by Gasteiger charge is 2.24. The quantitative estimate of drug-likeness (QED) is 0.660. The van der Waals surface area contributed by atoms with Crippen LogP contribution in [0, 0.1) is 10.1 Å². The molecular weight excluding hydrogens is 258 g/mol. The fraction of sp³-hybridized carbons (Fsp3) is 0.231. The average Bonchev–Trinajstić information content (AvgIpc) is 2.45. The molecule has 1 aromatic heterocycles. The molecule has 0 unspecified atom stereocenters. The standard InChI is InChI=1S/C13H15N5O2/c1-2-17(8-10-6-4-3-5-7-10)13-11(18(19)20)12(14)15-9-16-13/h3-7,9H,2,8H2,1H3,(H2,14,15,16). The third-order valence-corrected chi connectivity index (χ3v) is 2.91. The molecule has 0 saturated heterocycles. The lowest BCUT2D eigenvalue weighted by atomic mass is 10.2. The first-order valence-corrected chi connectivity index (χ1v) is 6.17. The molecule has 0 saturated carbocycles. The second kappa shape index (κ2) is 5.96. The van der Waals surface area contributed by atoms with Crippen LogP contribution in [0.15, 0.2) is 36.7 Å². The molecule has 7 nitrogen and oxygen atoms in total. The van der Waals surface area contributed by atoms with E-state index in [1.807, 2.05) is 37.3 Å². The Morgan fingerprint density at radius 3 is 2.60 bits per heavy atom. The molecule has 104 valence electrons. The van der Waals surface area contributed by atoms with E-state index < -0.39 is 4.92 Å². The van der Waals surface area contributed by atoms with Crippen molar-refractivity contribution >= 4 is 17.3 Å². The van der Waals surface area contributed by atoms with E-state index in [4.69, 9.17) is 5.73 Å². The summed E-state index contributed by atoms with van der Waals surface area (Å²) in [5.41, 5.74) is 6.39. The molecule has 0 atom stereocenters. The maximum atomic E-state index is 11.1. The van der Waals surface area contributed by atoms with Crippen molar-refractivity contribution in [1.29, 1.82) is 0 Å². The van der Waals surface area contributed by atoms with E-state index in [1.54, 1.807) is 4.90 Å². The van der Waals surface area contributed by atoms with Crippen LogP contribution in [-0.2, 0) is 6.54 Å². The van der Waals surface area contributed by atoms with Crippen molar-refractivity contribution in [3.05, 3.63) is 52.3 Å². The Hall–Kier alpha value is -2.70. The van der Waals surface area contributed by atoms with E-state index in [9.17, 15) is 10.1 Å². The molecule has 0 bridgehead atoms. The van der Waals surface area contributed by atoms with Gasteiger partial charge in [0, 0.05) is 13.1 Å². The van der Waals surface area contributed by atoms with Crippen LogP contribution in [0.5, 0.6) is 0 Å². The highest BCUT2D eigenvalue weighted by molar-refractivity contribution is 5.68. The fourth-order valence-electron chi connectivity index (χ4n) is 1.93. The van der Waals surface area contributed by atoms with E-state index in [0.29, 0.717) is 13.1 Å². The topological polar surface area (TPSA) is 98.2 Å². The molecule has 0 spiro atoms. The van der Waals surface area contributed by atoms with Gasteiger partial charge in [-0.05, 0) is 12.5 Å². The van der Waals surface area contributed by atoms with Gasteiger partial charge in [-0.15, -0.1) is 0 Å². The zero-order chi connectivity index (χ0) is 14.5. The highest BCUT2D eigenvalue weighted by Crippen LogP contribution is 2.30. The summed E-state index contributed by atoms with van der Waals surface area (Å²) in [6.45, 7) is 3.01. The molecular formula is C13H15N5O2. The van der Waals surface area contributed by atoms with E-state index in [2.05, 4.69) is 9.97 Å². The van der Waals surface area contributed by atoms with Crippen molar-refractivity contribution in [2.24, 2.45) is 0 Å². The van der Waals surface area contributed by atoms with Crippen molar-refractivity contribution in [2.45, 2.75) is 13.5 Å². The summed E-state index contributed by atoms with van der Waals surface area (Å²) >= 11 is 0. The number of aromatic nitrogens is 2. The Labute approximate surface area is 116 Å². The molecule has 0 aliphatic heterocycles. The maximum Gasteiger partial charge on any atom is 0.353 e. The number of nitro groups is 1. The number of benzene rings is 1. The SMILES string of the molecule is CCN(Cc1ccccc1)c1ncnc(N)c1[N+](=O)[O-]. The average molecular weight is 273 g/mol. The van der Waals surface area contributed by atoms with Gasteiger partial charge in [-0.1, -0.05) is 30.3 Å². The van der Waals surface area contributed by atoms with E-state index in [1.165, 1.54) is 6.33 Å². The largest absolute Gasteiger partial charge is 0.378 e. The molecule has 1 aromatic carbocycles. The third kappa shape index (κ3) is 2.82. The summed E-state index contributed by atoms with van der Waals surface area (Å²) in [6.07, 6.45) is 1.24. The van der Waals surface area contributed by atoms with Crippen LogP contribution >= 0.6 is 0 Å². The van der Waals surface area contributed by atoms with E-state index in [0.717, 1.165) is 5.56 Å². The summed E-state index contributed by atoms with van der Waals surface area (Å²) in [6, 6.07) is 9.68. The number of nitrogens with two attached hydrogens (primary N) is 1. The number of anilines is 2. The lowest BCUT2D eigenvalue weighted by Gasteiger charge is -2.21. The van der Waals surface area contributed by atoms with Crippen LogP contribution in [-0.4, -0.2) is 21.4 Å². The first kappa shape index (κ1) is 13.7. The lowest BCUT2D eigenvalue weighted by Crippen LogP contribution is -2.24. The molecule has 0 fully saturated rings. The van der Waals surface area contributed by atoms with Gasteiger partial charge in [-0.2, -0.15) is 0 Å². The van der Waals surface area contributed by atoms with Gasteiger partial charge in [0.05, 0.1) is 4.92 Å². The van der Waals surface area contributed by atoms with Gasteiger partial charge in [0.2, 0.25) is 11.6 Å². The number of hydrogen-bond acceptors (Lipinski definition) is 6. The van der Waals surface area contributed by atoms with Gasteiger partial charge in [-0.25, -0.2) is 9.97 Å². The Kier molecular flexibility index (Phi) is 4.09. The Morgan fingerprint density at radius 1 is 1.30 bits per heavy atom. The van der Waals surface area contributed by atoms with Gasteiger partial charge < -0.3 is 10.6 Å². The van der Waals surface area contributed by atoms with Crippen LogP contribution in [0.4, 0.5) is 17.3 Å². The second-order valence-corrected chi connectivity index (χ2v) is 4.19. The summed E-state index contributed by atoms with van der Waals surface area (Å²) in [5, 5.41) is 11.1. The van der Waals surface area contributed by atoms with Gasteiger partial charge in [0.25, 0.3) is 0 Å². The molecule has 2 aromatic rings. The van der Waals surface area contributed by atoms with Gasteiger partial charge in [0.1, 0.15) is 6.33 Å². The number of rotatable bonds is 5. The van der Waals surface area contributed by atoms with Crippen LogP contribution in [0.3, 0.4) is 0 Å². The summed E-state index contributed by atoms with van der Waals surface area (Å²) in [4.78, 5) is 20.1. The molecule has 0 amide bonds. The number of nitrogens with zero attached hydrogens (tertiary/aromatic N) is 4. The molecule has 2 N–H and O–H groups in total. The first-order chi connectivity index (χ1) is 9.63. The number of hydrogen-bond donors (Lipinski definition) is 1. The summed E-state index contributed by atoms with van der Waals surface area (Å²) in [7, 11) is 0. The van der Waals surface area contributed by atoms with Crippen molar-refractivity contribution < 1.29 is 4.92 Å². The first-order valence-electron chi connectivity index (χ1n) is 6.17. The molecule has 7 heteroatoms. The zero-order valence-electron chi connectivity index (χ0n) is 11.1. The second-order valence-electron chi connectivity index (χ2n) is 4.19. The van der Waals surface area contributed by atoms with Crippen molar-refractivity contribution in [2.75, 3.05) is 17.2 Å². The molecule has 0 aliphatic carbocycles. The fourth-order valence-corrected chi connectivity index (χ4v) is 1.93. The van der Waals surface area contributed by atoms with E-state index >= 15 is 0 Å². The van der Waals surface area contributed by atoms with Gasteiger partial charge >= 0.3 is 5.69 Å². The predicted octanol–water partition coefficient (Wildman–Crippen LogP) is 1.99. The van der Waals surface area contributed by atoms with Crippen molar-refractivity contribution in [1.82, 2.24) is 9.97 Å². The third-order valence-electron chi connectivity index (χ3n) is 2.91. The maximum absolute atomic E-state index is 11.1. The number of nitrogen functional groups attached to an aromatic ring is 1.